The molecule has 0 amide bonds. The van der Waals surface area contributed by atoms with Crippen LogP contribution in [0.1, 0.15) is 11.3 Å². The quantitative estimate of drug-likeness (QED) is 0.655. The molecule has 148 valence electrons. The third-order valence-corrected chi connectivity index (χ3v) is 3.84. The molecule has 0 aliphatic carbocycles. The minimum absolute atomic E-state index is 0.00663. The van der Waals surface area contributed by atoms with E-state index in [2.05, 4.69) is 10.1 Å². The standard InChI is InChI=1S/C20H15F3N4O2/c21-20(22,23)13-5-4-8-15(11-13)27-12-17(28)19(29)18(26-27)16(9-10-24)25-14-6-2-1-3-7-14/h1-12,28H,24H2. The number of allylic oxidation sites excluding steroid dienone is 1. The van der Waals surface area contributed by atoms with E-state index < -0.39 is 22.9 Å². The van der Waals surface area contributed by atoms with Crippen LogP contribution in [0.5, 0.6) is 5.75 Å². The lowest BCUT2D eigenvalue weighted by Crippen LogP contribution is -2.21. The number of alkyl halides is 3. The topological polar surface area (TPSA) is 93.5 Å². The van der Waals surface area contributed by atoms with Gasteiger partial charge in [-0.2, -0.15) is 18.3 Å². The Morgan fingerprint density at radius 2 is 1.86 bits per heavy atom. The van der Waals surface area contributed by atoms with Gasteiger partial charge in [-0.25, -0.2) is 9.67 Å². The van der Waals surface area contributed by atoms with Crippen LogP contribution in [-0.4, -0.2) is 20.6 Å². The largest absolute Gasteiger partial charge is 0.503 e. The van der Waals surface area contributed by atoms with Crippen molar-refractivity contribution in [3.8, 4) is 11.4 Å². The predicted molar refractivity (Wildman–Crippen MR) is 102 cm³/mol. The van der Waals surface area contributed by atoms with Crippen molar-refractivity contribution in [2.45, 2.75) is 6.18 Å². The van der Waals surface area contributed by atoms with Crippen LogP contribution in [0.15, 0.2) is 82.9 Å². The fourth-order valence-corrected chi connectivity index (χ4v) is 2.50. The van der Waals surface area contributed by atoms with Crippen molar-refractivity contribution < 1.29 is 18.3 Å². The average Bonchev–Trinajstić information content (AvgIpc) is 2.70. The number of benzene rings is 2. The highest BCUT2D eigenvalue weighted by Gasteiger charge is 2.30. The molecule has 2 aromatic carbocycles. The molecular weight excluding hydrogens is 385 g/mol. The Balaban J connectivity index is 2.18. The van der Waals surface area contributed by atoms with E-state index in [9.17, 15) is 23.1 Å². The summed E-state index contributed by atoms with van der Waals surface area (Å²) in [6, 6.07) is 12.9. The number of halogens is 3. The molecule has 3 N–H and O–H groups in total. The van der Waals surface area contributed by atoms with E-state index >= 15 is 0 Å². The Labute approximate surface area is 163 Å². The second-order valence-corrected chi connectivity index (χ2v) is 5.88. The number of hydrogen-bond acceptors (Lipinski definition) is 5. The minimum atomic E-state index is -4.55. The van der Waals surface area contributed by atoms with Crippen molar-refractivity contribution in [2.75, 3.05) is 0 Å². The zero-order valence-electron chi connectivity index (χ0n) is 14.8. The summed E-state index contributed by atoms with van der Waals surface area (Å²) >= 11 is 0. The number of nitrogens with zero attached hydrogens (tertiary/aromatic N) is 3. The van der Waals surface area contributed by atoms with Crippen LogP contribution < -0.4 is 11.2 Å². The molecule has 6 nitrogen and oxygen atoms in total. The molecule has 3 rings (SSSR count). The minimum Gasteiger partial charge on any atom is -0.503 e. The SMILES string of the molecule is NC=CC(=Nc1ccccc1)c1nn(-c2cccc(C(F)(F)F)c2)cc(O)c1=O. The van der Waals surface area contributed by atoms with Gasteiger partial charge in [-0.1, -0.05) is 24.3 Å². The number of aromatic hydroxyl groups is 1. The van der Waals surface area contributed by atoms with E-state index in [1.807, 2.05) is 0 Å². The van der Waals surface area contributed by atoms with Crippen molar-refractivity contribution in [2.24, 2.45) is 10.7 Å². The van der Waals surface area contributed by atoms with Crippen LogP contribution >= 0.6 is 0 Å². The van der Waals surface area contributed by atoms with Crippen LogP contribution in [0, 0.1) is 0 Å². The molecule has 3 aromatic rings. The van der Waals surface area contributed by atoms with Gasteiger partial charge in [0.15, 0.2) is 11.4 Å². The van der Waals surface area contributed by atoms with Gasteiger partial charge in [-0.3, -0.25) is 4.79 Å². The number of hydrogen-bond donors (Lipinski definition) is 2. The molecule has 1 heterocycles. The molecule has 0 aliphatic rings. The van der Waals surface area contributed by atoms with Crippen molar-refractivity contribution >= 4 is 11.4 Å². The van der Waals surface area contributed by atoms with Gasteiger partial charge in [0.25, 0.3) is 5.43 Å². The van der Waals surface area contributed by atoms with Crippen LogP contribution in [0.25, 0.3) is 5.69 Å². The van der Waals surface area contributed by atoms with E-state index in [1.165, 1.54) is 18.2 Å². The van der Waals surface area contributed by atoms with Crippen molar-refractivity contribution in [3.05, 3.63) is 94.6 Å². The number of aliphatic imine (C=N–C) groups is 1. The number of rotatable bonds is 4. The number of para-hydroxylation sites is 1. The Bertz CT molecular complexity index is 1140. The molecule has 9 heteroatoms. The fourth-order valence-electron chi connectivity index (χ4n) is 2.50. The highest BCUT2D eigenvalue weighted by atomic mass is 19.4. The molecule has 29 heavy (non-hydrogen) atoms. The normalized spacial score (nSPS) is 12.4. The first-order valence-electron chi connectivity index (χ1n) is 8.32. The highest BCUT2D eigenvalue weighted by molar-refractivity contribution is 6.08. The van der Waals surface area contributed by atoms with Gasteiger partial charge in [-0.05, 0) is 42.6 Å². The molecular formula is C20H15F3N4O2. The van der Waals surface area contributed by atoms with Crippen LogP contribution in [0.3, 0.4) is 0 Å². The summed E-state index contributed by atoms with van der Waals surface area (Å²) in [5, 5.41) is 14.1. The summed E-state index contributed by atoms with van der Waals surface area (Å²) in [6.45, 7) is 0. The molecule has 0 unspecified atom stereocenters. The Kier molecular flexibility index (Phi) is 5.49. The van der Waals surface area contributed by atoms with E-state index in [0.717, 1.165) is 29.2 Å². The maximum absolute atomic E-state index is 13.0. The maximum atomic E-state index is 13.0. The molecule has 0 saturated carbocycles. The lowest BCUT2D eigenvalue weighted by molar-refractivity contribution is -0.137. The third-order valence-electron chi connectivity index (χ3n) is 3.84. The molecule has 0 saturated heterocycles. The van der Waals surface area contributed by atoms with Gasteiger partial charge in [0.2, 0.25) is 0 Å². The van der Waals surface area contributed by atoms with Crippen molar-refractivity contribution in [1.82, 2.24) is 9.78 Å². The van der Waals surface area contributed by atoms with Gasteiger partial charge in [-0.15, -0.1) is 0 Å². The molecule has 0 fully saturated rings. The van der Waals surface area contributed by atoms with Crippen LogP contribution in [0.2, 0.25) is 0 Å². The first-order valence-corrected chi connectivity index (χ1v) is 8.32. The molecule has 0 spiro atoms. The number of aromatic nitrogens is 2. The van der Waals surface area contributed by atoms with E-state index in [-0.39, 0.29) is 17.1 Å². The Hall–Kier alpha value is -3.88. The first kappa shape index (κ1) is 19.9. The Morgan fingerprint density at radius 3 is 2.52 bits per heavy atom. The summed E-state index contributed by atoms with van der Waals surface area (Å²) in [7, 11) is 0. The summed E-state index contributed by atoms with van der Waals surface area (Å²) < 4.78 is 40.0. The van der Waals surface area contributed by atoms with Crippen molar-refractivity contribution in [1.29, 1.82) is 0 Å². The van der Waals surface area contributed by atoms with Crippen molar-refractivity contribution in [3.63, 3.8) is 0 Å². The van der Waals surface area contributed by atoms with Crippen LogP contribution in [0.4, 0.5) is 18.9 Å². The van der Waals surface area contributed by atoms with E-state index in [0.29, 0.717) is 5.69 Å². The van der Waals surface area contributed by atoms with Gasteiger partial charge >= 0.3 is 6.18 Å². The van der Waals surface area contributed by atoms with Gasteiger partial charge in [0.1, 0.15) is 0 Å². The first-order chi connectivity index (χ1) is 13.8. The second kappa shape index (κ2) is 8.01. The highest BCUT2D eigenvalue weighted by Crippen LogP contribution is 2.30. The lowest BCUT2D eigenvalue weighted by Gasteiger charge is -2.12. The third kappa shape index (κ3) is 4.52. The maximum Gasteiger partial charge on any atom is 0.416 e. The molecule has 0 radical (unpaired) electrons. The van der Waals surface area contributed by atoms with E-state index in [4.69, 9.17) is 5.73 Å². The Morgan fingerprint density at radius 1 is 1.14 bits per heavy atom. The smallest absolute Gasteiger partial charge is 0.416 e. The van der Waals surface area contributed by atoms with Gasteiger partial charge in [0, 0.05) is 0 Å². The van der Waals surface area contributed by atoms with Gasteiger partial charge in [0.05, 0.1) is 28.8 Å². The van der Waals surface area contributed by atoms with Gasteiger partial charge < -0.3 is 10.8 Å². The fraction of sp³-hybridized carbons (Fsp3) is 0.0500. The molecule has 0 atom stereocenters. The summed E-state index contributed by atoms with van der Waals surface area (Å²) in [5.41, 5.74) is 3.99. The molecule has 1 aromatic heterocycles. The monoisotopic (exact) mass is 400 g/mol. The number of nitrogens with two attached hydrogens (primary N) is 1. The van der Waals surface area contributed by atoms with Crippen LogP contribution in [-0.2, 0) is 6.18 Å². The second-order valence-electron chi connectivity index (χ2n) is 5.88. The zero-order chi connectivity index (χ0) is 21.0. The van der Waals surface area contributed by atoms with E-state index in [1.54, 1.807) is 30.3 Å². The summed E-state index contributed by atoms with van der Waals surface area (Å²) in [6.07, 6.45) is -1.16. The zero-order valence-corrected chi connectivity index (χ0v) is 14.8. The molecule has 0 bridgehead atoms. The predicted octanol–water partition coefficient (Wildman–Crippen LogP) is 3.55. The summed E-state index contributed by atoms with van der Waals surface area (Å²) in [4.78, 5) is 16.7. The summed E-state index contributed by atoms with van der Waals surface area (Å²) in [5.74, 6) is -0.696. The average molecular weight is 400 g/mol. The lowest BCUT2D eigenvalue weighted by atomic mass is 10.2. The molecule has 0 aliphatic heterocycles.